The Balaban J connectivity index is 4.92. The van der Waals surface area contributed by atoms with Gasteiger partial charge in [0.05, 0.1) is 0 Å². The van der Waals surface area contributed by atoms with Crippen LogP contribution in [0.2, 0.25) is 17.6 Å². The predicted octanol–water partition coefficient (Wildman–Crippen LogP) is 5.28. The summed E-state index contributed by atoms with van der Waals surface area (Å²) in [6.45, 7) is 16.9. The maximum absolute atomic E-state index is 2.86. The third kappa shape index (κ3) is 4.74. The van der Waals surface area contributed by atoms with Crippen molar-refractivity contribution in [1.82, 2.24) is 4.57 Å². The molecule has 0 N–H and O–H groups in total. The molecule has 0 aromatic heterocycles. The Morgan fingerprint density at radius 2 is 1.24 bits per heavy atom. The fraction of sp³-hybridized carbons (Fsp3) is 1.00. The molecule has 0 rings (SSSR count). The molecule has 104 valence electrons. The van der Waals surface area contributed by atoms with Crippen molar-refractivity contribution in [2.75, 3.05) is 13.1 Å². The first-order chi connectivity index (χ1) is 8.08. The van der Waals surface area contributed by atoms with Crippen LogP contribution in [-0.4, -0.2) is 25.9 Å². The van der Waals surface area contributed by atoms with E-state index >= 15 is 0 Å². The maximum atomic E-state index is 2.86. The van der Waals surface area contributed by atoms with Crippen molar-refractivity contribution < 1.29 is 0 Å². The van der Waals surface area contributed by atoms with Gasteiger partial charge in [0.2, 0.25) is 0 Å². The molecule has 0 aliphatic carbocycles. The van der Waals surface area contributed by atoms with Crippen LogP contribution in [0.25, 0.3) is 0 Å². The Bertz CT molecular complexity index is 168. The molecule has 0 unspecified atom stereocenters. The van der Waals surface area contributed by atoms with E-state index in [1.807, 2.05) is 0 Å². The molecule has 0 saturated carbocycles. The summed E-state index contributed by atoms with van der Waals surface area (Å²) < 4.78 is 2.86. The van der Waals surface area contributed by atoms with Gasteiger partial charge in [-0.3, -0.25) is 0 Å². The molecule has 0 heterocycles. The first-order valence-corrected chi connectivity index (χ1v) is 10.3. The molecule has 0 aromatic carbocycles. The topological polar surface area (TPSA) is 3.24 Å². The van der Waals surface area contributed by atoms with Crippen LogP contribution in [0.3, 0.4) is 0 Å². The van der Waals surface area contributed by atoms with Crippen molar-refractivity contribution in [1.29, 1.82) is 0 Å². The molecule has 0 fully saturated rings. The summed E-state index contributed by atoms with van der Waals surface area (Å²) >= 11 is 0. The lowest BCUT2D eigenvalue weighted by Gasteiger charge is -2.45. The van der Waals surface area contributed by atoms with E-state index in [4.69, 9.17) is 0 Å². The SMILES string of the molecule is CCCC[Si](CCCC)(C(C)C)N(CC)CC. The number of unbranched alkanes of at least 4 members (excludes halogenated alkanes) is 2. The van der Waals surface area contributed by atoms with Gasteiger partial charge in [-0.1, -0.05) is 67.2 Å². The van der Waals surface area contributed by atoms with Crippen LogP contribution in [0, 0.1) is 0 Å². The highest BCUT2D eigenvalue weighted by molar-refractivity contribution is 6.78. The maximum Gasteiger partial charge on any atom is 0.130 e. The van der Waals surface area contributed by atoms with Gasteiger partial charge in [-0.15, -0.1) is 0 Å². The first kappa shape index (κ1) is 17.2. The Kier molecular flexibility index (Phi) is 9.25. The van der Waals surface area contributed by atoms with Gasteiger partial charge in [-0.2, -0.15) is 0 Å². The Morgan fingerprint density at radius 3 is 1.47 bits per heavy atom. The lowest BCUT2D eigenvalue weighted by atomic mass is 10.4. The summed E-state index contributed by atoms with van der Waals surface area (Å²) in [6.07, 6.45) is 5.58. The van der Waals surface area contributed by atoms with Gasteiger partial charge >= 0.3 is 0 Å². The van der Waals surface area contributed by atoms with E-state index in [1.165, 1.54) is 50.9 Å². The summed E-state index contributed by atoms with van der Waals surface area (Å²) in [5.41, 5.74) is 0.903. The molecule has 0 radical (unpaired) electrons. The van der Waals surface area contributed by atoms with Gasteiger partial charge in [-0.05, 0) is 30.7 Å². The highest BCUT2D eigenvalue weighted by Gasteiger charge is 2.39. The zero-order chi connectivity index (χ0) is 13.3. The van der Waals surface area contributed by atoms with Crippen molar-refractivity contribution in [2.24, 2.45) is 0 Å². The number of hydrogen-bond donors (Lipinski definition) is 0. The fourth-order valence-electron chi connectivity index (χ4n) is 3.20. The minimum absolute atomic E-state index is 0.903. The van der Waals surface area contributed by atoms with Crippen molar-refractivity contribution in [2.45, 2.75) is 84.9 Å². The third-order valence-corrected chi connectivity index (χ3v) is 10.9. The average Bonchev–Trinajstić information content (AvgIpc) is 2.32. The van der Waals surface area contributed by atoms with Crippen LogP contribution in [0.15, 0.2) is 0 Å². The fourth-order valence-corrected chi connectivity index (χ4v) is 9.16. The molecule has 17 heavy (non-hydrogen) atoms. The quantitative estimate of drug-likeness (QED) is 0.481. The van der Waals surface area contributed by atoms with Gasteiger partial charge in [-0.25, -0.2) is 0 Å². The van der Waals surface area contributed by atoms with Crippen LogP contribution in [-0.2, 0) is 0 Å². The largest absolute Gasteiger partial charge is 0.324 e. The van der Waals surface area contributed by atoms with Gasteiger partial charge < -0.3 is 4.57 Å². The summed E-state index contributed by atoms with van der Waals surface area (Å²) in [4.78, 5) is 0. The van der Waals surface area contributed by atoms with E-state index in [2.05, 4.69) is 46.1 Å². The number of rotatable bonds is 10. The van der Waals surface area contributed by atoms with Crippen molar-refractivity contribution in [3.8, 4) is 0 Å². The summed E-state index contributed by atoms with van der Waals surface area (Å²) in [5.74, 6) is 0. The van der Waals surface area contributed by atoms with E-state index in [9.17, 15) is 0 Å². The van der Waals surface area contributed by atoms with Crippen molar-refractivity contribution >= 4 is 8.24 Å². The van der Waals surface area contributed by atoms with Crippen LogP contribution in [0.1, 0.15) is 67.2 Å². The molecule has 0 amide bonds. The van der Waals surface area contributed by atoms with E-state index in [-0.39, 0.29) is 0 Å². The second kappa shape index (κ2) is 9.15. The zero-order valence-electron chi connectivity index (χ0n) is 13.2. The second-order valence-electron chi connectivity index (χ2n) is 5.64. The molecular formula is C15H35NSi. The van der Waals surface area contributed by atoms with Crippen LogP contribution >= 0.6 is 0 Å². The normalized spacial score (nSPS) is 12.7. The molecule has 0 bridgehead atoms. The molecule has 2 heteroatoms. The van der Waals surface area contributed by atoms with Crippen LogP contribution in [0.5, 0.6) is 0 Å². The van der Waals surface area contributed by atoms with E-state index < -0.39 is 8.24 Å². The predicted molar refractivity (Wildman–Crippen MR) is 83.2 cm³/mol. The highest BCUT2D eigenvalue weighted by atomic mass is 28.3. The Hall–Kier alpha value is 0.177. The van der Waals surface area contributed by atoms with Gasteiger partial charge in [0.1, 0.15) is 8.24 Å². The molecule has 0 atom stereocenters. The van der Waals surface area contributed by atoms with Crippen LogP contribution < -0.4 is 0 Å². The average molecular weight is 258 g/mol. The van der Waals surface area contributed by atoms with E-state index in [0.29, 0.717) is 0 Å². The monoisotopic (exact) mass is 257 g/mol. The third-order valence-electron chi connectivity index (χ3n) is 4.39. The first-order valence-electron chi connectivity index (χ1n) is 7.83. The van der Waals surface area contributed by atoms with Gasteiger partial charge in [0.15, 0.2) is 0 Å². The van der Waals surface area contributed by atoms with E-state index in [0.717, 1.165) is 5.54 Å². The highest BCUT2D eigenvalue weighted by Crippen LogP contribution is 2.35. The molecular weight excluding hydrogens is 222 g/mol. The molecule has 0 aromatic rings. The van der Waals surface area contributed by atoms with E-state index in [1.54, 1.807) is 0 Å². The standard InChI is InChI=1S/C15H35NSi/c1-7-11-13-17(15(5)6,14-12-8-2)16(9-3)10-4/h15H,7-14H2,1-6H3. The van der Waals surface area contributed by atoms with Crippen molar-refractivity contribution in [3.63, 3.8) is 0 Å². The summed E-state index contributed by atoms with van der Waals surface area (Å²) in [7, 11) is -1.21. The van der Waals surface area contributed by atoms with Gasteiger partial charge in [0.25, 0.3) is 0 Å². The zero-order valence-corrected chi connectivity index (χ0v) is 14.2. The summed E-state index contributed by atoms with van der Waals surface area (Å²) in [6, 6.07) is 3.03. The minimum Gasteiger partial charge on any atom is -0.324 e. The molecule has 0 aliphatic rings. The molecule has 0 saturated heterocycles. The molecule has 0 spiro atoms. The molecule has 1 nitrogen and oxygen atoms in total. The Morgan fingerprint density at radius 1 is 0.824 bits per heavy atom. The number of nitrogens with zero attached hydrogens (tertiary/aromatic N) is 1. The number of hydrogen-bond acceptors (Lipinski definition) is 1. The van der Waals surface area contributed by atoms with Crippen molar-refractivity contribution in [3.05, 3.63) is 0 Å². The smallest absolute Gasteiger partial charge is 0.130 e. The van der Waals surface area contributed by atoms with Crippen LogP contribution in [0.4, 0.5) is 0 Å². The summed E-state index contributed by atoms with van der Waals surface area (Å²) in [5, 5.41) is 0. The Labute approximate surface area is 111 Å². The lowest BCUT2D eigenvalue weighted by molar-refractivity contribution is 0.440. The molecule has 0 aliphatic heterocycles. The van der Waals surface area contributed by atoms with Gasteiger partial charge in [0, 0.05) is 0 Å². The minimum atomic E-state index is -1.21. The second-order valence-corrected chi connectivity index (χ2v) is 10.6. The lowest BCUT2D eigenvalue weighted by Crippen LogP contribution is -2.55.